The number of para-hydroxylation sites is 1. The van der Waals surface area contributed by atoms with Crippen molar-refractivity contribution < 1.29 is 8.42 Å². The van der Waals surface area contributed by atoms with Crippen molar-refractivity contribution in [1.82, 2.24) is 0 Å². The van der Waals surface area contributed by atoms with Crippen LogP contribution in [-0.4, -0.2) is 13.4 Å². The molecule has 0 fully saturated rings. The molecular formula is C13H14N2O2S3. The fourth-order valence-corrected chi connectivity index (χ4v) is 4.17. The van der Waals surface area contributed by atoms with Crippen LogP contribution >= 0.6 is 23.6 Å². The number of aryl methyl sites for hydroxylation is 1. The Morgan fingerprint density at radius 1 is 1.30 bits per heavy atom. The van der Waals surface area contributed by atoms with E-state index in [0.29, 0.717) is 10.6 Å². The maximum absolute atomic E-state index is 12.3. The van der Waals surface area contributed by atoms with Gasteiger partial charge in [0.15, 0.2) is 0 Å². The van der Waals surface area contributed by atoms with Crippen LogP contribution < -0.4 is 10.5 Å². The quantitative estimate of drug-likeness (QED) is 0.829. The van der Waals surface area contributed by atoms with Crippen molar-refractivity contribution in [1.29, 1.82) is 0 Å². The molecule has 3 N–H and O–H groups in total. The fourth-order valence-electron chi connectivity index (χ4n) is 1.72. The molecule has 0 bridgehead atoms. The molecule has 1 heterocycles. The standard InChI is InChI=1S/C13H14N2O2S3/c1-2-9-5-3-4-6-10(9)15-20(16,17)12-8-7-11(19-12)13(14)18/h3-8,15H,2H2,1H3,(H2,14,18). The highest BCUT2D eigenvalue weighted by atomic mass is 32.2. The summed E-state index contributed by atoms with van der Waals surface area (Å²) in [6.45, 7) is 1.98. The van der Waals surface area contributed by atoms with Crippen LogP contribution in [0.2, 0.25) is 0 Å². The number of hydrogen-bond donors (Lipinski definition) is 2. The predicted octanol–water partition coefficient (Wildman–Crippen LogP) is 2.75. The van der Waals surface area contributed by atoms with Gasteiger partial charge in [-0.3, -0.25) is 4.72 Å². The number of benzene rings is 1. The van der Waals surface area contributed by atoms with Gasteiger partial charge in [0.25, 0.3) is 10.0 Å². The molecule has 1 aromatic carbocycles. The van der Waals surface area contributed by atoms with Crippen LogP contribution in [0, 0.1) is 0 Å². The smallest absolute Gasteiger partial charge is 0.271 e. The Balaban J connectivity index is 2.33. The molecule has 0 atom stereocenters. The summed E-state index contributed by atoms with van der Waals surface area (Å²) in [7, 11) is -3.61. The van der Waals surface area contributed by atoms with Crippen LogP contribution in [-0.2, 0) is 16.4 Å². The van der Waals surface area contributed by atoms with Crippen LogP contribution in [0.25, 0.3) is 0 Å². The van der Waals surface area contributed by atoms with E-state index in [-0.39, 0.29) is 9.20 Å². The minimum atomic E-state index is -3.61. The van der Waals surface area contributed by atoms with E-state index in [9.17, 15) is 8.42 Å². The maximum Gasteiger partial charge on any atom is 0.271 e. The molecule has 106 valence electrons. The lowest BCUT2D eigenvalue weighted by atomic mass is 10.1. The Morgan fingerprint density at radius 3 is 2.60 bits per heavy atom. The molecule has 2 aromatic rings. The molecule has 0 radical (unpaired) electrons. The zero-order valence-electron chi connectivity index (χ0n) is 10.8. The topological polar surface area (TPSA) is 72.2 Å². The lowest BCUT2D eigenvalue weighted by Crippen LogP contribution is -2.13. The number of anilines is 1. The lowest BCUT2D eigenvalue weighted by Gasteiger charge is -2.10. The second kappa shape index (κ2) is 5.90. The van der Waals surface area contributed by atoms with Crippen LogP contribution in [0.15, 0.2) is 40.6 Å². The molecule has 0 saturated heterocycles. The van der Waals surface area contributed by atoms with E-state index in [1.54, 1.807) is 18.2 Å². The third-order valence-corrected chi connectivity index (χ3v) is 6.06. The highest BCUT2D eigenvalue weighted by Crippen LogP contribution is 2.25. The van der Waals surface area contributed by atoms with Crippen molar-refractivity contribution in [3.05, 3.63) is 46.8 Å². The van der Waals surface area contributed by atoms with Crippen LogP contribution in [0.4, 0.5) is 5.69 Å². The van der Waals surface area contributed by atoms with Crippen molar-refractivity contribution in [2.24, 2.45) is 5.73 Å². The third kappa shape index (κ3) is 3.17. The zero-order valence-corrected chi connectivity index (χ0v) is 13.2. The van der Waals surface area contributed by atoms with E-state index < -0.39 is 10.0 Å². The minimum absolute atomic E-state index is 0.199. The molecule has 0 aliphatic rings. The number of thiocarbonyl (C=S) groups is 1. The highest BCUT2D eigenvalue weighted by molar-refractivity contribution is 7.94. The second-order valence-corrected chi connectivity index (χ2v) is 7.53. The molecule has 20 heavy (non-hydrogen) atoms. The summed E-state index contributed by atoms with van der Waals surface area (Å²) in [5, 5.41) is 0. The Morgan fingerprint density at radius 2 is 2.00 bits per heavy atom. The zero-order chi connectivity index (χ0) is 14.8. The van der Waals surface area contributed by atoms with Gasteiger partial charge in [-0.05, 0) is 30.2 Å². The second-order valence-electron chi connectivity index (χ2n) is 4.10. The average Bonchev–Trinajstić information content (AvgIpc) is 2.89. The number of hydrogen-bond acceptors (Lipinski definition) is 4. The molecule has 2 rings (SSSR count). The van der Waals surface area contributed by atoms with Gasteiger partial charge in [0.2, 0.25) is 0 Å². The van der Waals surface area contributed by atoms with Gasteiger partial charge < -0.3 is 5.73 Å². The van der Waals surface area contributed by atoms with Gasteiger partial charge in [-0.25, -0.2) is 8.42 Å². The molecule has 0 spiro atoms. The first-order valence-corrected chi connectivity index (χ1v) is 8.65. The Hall–Kier alpha value is -1.44. The van der Waals surface area contributed by atoms with Crippen molar-refractivity contribution >= 4 is 44.3 Å². The number of nitrogens with two attached hydrogens (primary N) is 1. The summed E-state index contributed by atoms with van der Waals surface area (Å²) in [5.74, 6) is 0. The molecule has 0 saturated carbocycles. The molecule has 0 aliphatic carbocycles. The van der Waals surface area contributed by atoms with Crippen LogP contribution in [0.3, 0.4) is 0 Å². The molecule has 1 aromatic heterocycles. The van der Waals surface area contributed by atoms with Crippen LogP contribution in [0.1, 0.15) is 17.4 Å². The molecule has 0 aliphatic heterocycles. The Bertz CT molecular complexity index is 736. The van der Waals surface area contributed by atoms with Crippen molar-refractivity contribution in [2.75, 3.05) is 4.72 Å². The largest absolute Gasteiger partial charge is 0.389 e. The molecule has 7 heteroatoms. The van der Waals surface area contributed by atoms with E-state index in [1.165, 1.54) is 6.07 Å². The number of nitrogens with one attached hydrogen (secondary N) is 1. The molecular weight excluding hydrogens is 312 g/mol. The monoisotopic (exact) mass is 326 g/mol. The van der Waals surface area contributed by atoms with E-state index in [4.69, 9.17) is 18.0 Å². The maximum atomic E-state index is 12.3. The normalized spacial score (nSPS) is 11.2. The summed E-state index contributed by atoms with van der Waals surface area (Å²) < 4.78 is 27.4. The predicted molar refractivity (Wildman–Crippen MR) is 86.8 cm³/mol. The average molecular weight is 326 g/mol. The van der Waals surface area contributed by atoms with E-state index in [1.807, 2.05) is 19.1 Å². The summed E-state index contributed by atoms with van der Waals surface area (Å²) in [6, 6.07) is 10.5. The first-order chi connectivity index (χ1) is 9.44. The fraction of sp³-hybridized carbons (Fsp3) is 0.154. The Labute approximate surface area is 127 Å². The van der Waals surface area contributed by atoms with Gasteiger partial charge >= 0.3 is 0 Å². The summed E-state index contributed by atoms with van der Waals surface area (Å²) >= 11 is 5.90. The van der Waals surface area contributed by atoms with Gasteiger partial charge in [0.05, 0.1) is 10.6 Å². The van der Waals surface area contributed by atoms with Crippen molar-refractivity contribution in [2.45, 2.75) is 17.6 Å². The minimum Gasteiger partial charge on any atom is -0.389 e. The van der Waals surface area contributed by atoms with Crippen molar-refractivity contribution in [3.8, 4) is 0 Å². The van der Waals surface area contributed by atoms with Gasteiger partial charge in [-0.2, -0.15) is 0 Å². The first kappa shape index (κ1) is 15.0. The van der Waals surface area contributed by atoms with E-state index in [0.717, 1.165) is 23.3 Å². The van der Waals surface area contributed by atoms with Gasteiger partial charge in [0, 0.05) is 0 Å². The highest BCUT2D eigenvalue weighted by Gasteiger charge is 2.18. The molecule has 4 nitrogen and oxygen atoms in total. The third-order valence-electron chi connectivity index (χ3n) is 2.73. The SMILES string of the molecule is CCc1ccccc1NS(=O)(=O)c1ccc(C(N)=S)s1. The number of sulfonamides is 1. The lowest BCUT2D eigenvalue weighted by molar-refractivity contribution is 0.603. The summed E-state index contributed by atoms with van der Waals surface area (Å²) in [5.41, 5.74) is 7.04. The molecule has 0 unspecified atom stereocenters. The Kier molecular flexibility index (Phi) is 4.42. The number of rotatable bonds is 5. The summed E-state index contributed by atoms with van der Waals surface area (Å²) in [4.78, 5) is 0.787. The van der Waals surface area contributed by atoms with Gasteiger partial charge in [-0.1, -0.05) is 37.3 Å². The van der Waals surface area contributed by atoms with E-state index >= 15 is 0 Å². The van der Waals surface area contributed by atoms with Crippen molar-refractivity contribution in [3.63, 3.8) is 0 Å². The van der Waals surface area contributed by atoms with Gasteiger partial charge in [0.1, 0.15) is 9.20 Å². The first-order valence-electron chi connectivity index (χ1n) is 5.94. The summed E-state index contributed by atoms with van der Waals surface area (Å²) in [6.07, 6.45) is 0.751. The van der Waals surface area contributed by atoms with Crippen LogP contribution in [0.5, 0.6) is 0 Å². The molecule has 0 amide bonds. The van der Waals surface area contributed by atoms with E-state index in [2.05, 4.69) is 4.72 Å². The van der Waals surface area contributed by atoms with Gasteiger partial charge in [-0.15, -0.1) is 11.3 Å². The number of thiophene rings is 1.